The maximum absolute atomic E-state index is 10.9. The summed E-state index contributed by atoms with van der Waals surface area (Å²) in [5, 5.41) is 1.30. The fraction of sp³-hybridized carbons (Fsp3) is 0.222. The van der Waals surface area contributed by atoms with E-state index in [1.165, 1.54) is 13.8 Å². The van der Waals surface area contributed by atoms with Gasteiger partial charge in [-0.15, -0.1) is 0 Å². The lowest BCUT2D eigenvalue weighted by Crippen LogP contribution is -2.18. The number of hydrogen-bond donors (Lipinski definition) is 2. The van der Waals surface area contributed by atoms with Crippen molar-refractivity contribution in [3.8, 4) is 0 Å². The van der Waals surface area contributed by atoms with Gasteiger partial charge in [0.15, 0.2) is 11.6 Å². The molecule has 128 valence electrons. The highest BCUT2D eigenvalue weighted by molar-refractivity contribution is 6.30. The first-order valence-electron chi connectivity index (χ1n) is 7.25. The highest BCUT2D eigenvalue weighted by Gasteiger charge is 2.10. The van der Waals surface area contributed by atoms with Gasteiger partial charge in [0.05, 0.1) is 12.1 Å². The molecule has 4 nitrogen and oxygen atoms in total. The second-order valence-electron chi connectivity index (χ2n) is 5.28. The average Bonchev–Trinajstić information content (AvgIpc) is 2.55. The molecule has 6 heteroatoms. The first-order valence-corrected chi connectivity index (χ1v) is 8.01. The van der Waals surface area contributed by atoms with Gasteiger partial charge in [0.25, 0.3) is 0 Å². The number of halogens is 2. The summed E-state index contributed by atoms with van der Waals surface area (Å²) in [6.45, 7) is 2.94. The van der Waals surface area contributed by atoms with Crippen LogP contribution in [0.5, 0.6) is 0 Å². The molecular formula is C18H20Cl2N2O2. The number of benzene rings is 2. The molecule has 2 rings (SSSR count). The maximum Gasteiger partial charge on any atom is 0.150 e. The quantitative estimate of drug-likeness (QED) is 0.859. The van der Waals surface area contributed by atoms with E-state index in [1.54, 1.807) is 48.5 Å². The number of ketones is 2. The number of nitrogens with two attached hydrogens (primary N) is 2. The normalized spacial score (nSPS) is 12.6. The molecule has 2 aromatic carbocycles. The molecule has 0 aliphatic carbocycles. The Balaban J connectivity index is 0.000000240. The molecule has 2 atom stereocenters. The molecular weight excluding hydrogens is 347 g/mol. The lowest BCUT2D eigenvalue weighted by Gasteiger charge is -2.06. The molecule has 0 radical (unpaired) electrons. The van der Waals surface area contributed by atoms with E-state index in [0.29, 0.717) is 10.0 Å². The molecule has 0 amide bonds. The van der Waals surface area contributed by atoms with Crippen LogP contribution in [0.4, 0.5) is 0 Å². The molecule has 0 heterocycles. The van der Waals surface area contributed by atoms with Gasteiger partial charge in [0.1, 0.15) is 0 Å². The van der Waals surface area contributed by atoms with Crippen molar-refractivity contribution in [2.45, 2.75) is 25.9 Å². The van der Waals surface area contributed by atoms with E-state index >= 15 is 0 Å². The lowest BCUT2D eigenvalue weighted by molar-refractivity contribution is -0.119. The van der Waals surface area contributed by atoms with E-state index in [4.69, 9.17) is 34.7 Å². The fourth-order valence-corrected chi connectivity index (χ4v) is 2.06. The smallest absolute Gasteiger partial charge is 0.150 e. The molecule has 2 unspecified atom stereocenters. The summed E-state index contributed by atoms with van der Waals surface area (Å²) < 4.78 is 0. The minimum Gasteiger partial charge on any atom is -0.318 e. The molecule has 24 heavy (non-hydrogen) atoms. The average molecular weight is 367 g/mol. The Morgan fingerprint density at radius 1 is 0.708 bits per heavy atom. The molecule has 0 saturated carbocycles. The Bertz CT molecular complexity index is 624. The van der Waals surface area contributed by atoms with Gasteiger partial charge in [0.2, 0.25) is 0 Å². The van der Waals surface area contributed by atoms with Crippen molar-refractivity contribution >= 4 is 34.8 Å². The van der Waals surface area contributed by atoms with Crippen LogP contribution in [0.25, 0.3) is 0 Å². The van der Waals surface area contributed by atoms with Gasteiger partial charge in [-0.25, -0.2) is 0 Å². The second kappa shape index (κ2) is 9.55. The van der Waals surface area contributed by atoms with Gasteiger partial charge in [-0.05, 0) is 49.2 Å². The molecule has 4 N–H and O–H groups in total. The first kappa shape index (κ1) is 20.3. The minimum atomic E-state index is -0.526. The molecule has 2 aromatic rings. The van der Waals surface area contributed by atoms with E-state index in [0.717, 1.165) is 11.1 Å². The zero-order valence-electron chi connectivity index (χ0n) is 13.5. The number of hydrogen-bond acceptors (Lipinski definition) is 4. The first-order chi connectivity index (χ1) is 11.2. The zero-order chi connectivity index (χ0) is 18.3. The highest BCUT2D eigenvalue weighted by atomic mass is 35.5. The third-order valence-electron chi connectivity index (χ3n) is 3.33. The molecule has 0 fully saturated rings. The maximum atomic E-state index is 10.9. The molecule has 0 bridgehead atoms. The number of carbonyl (C=O) groups is 2. The van der Waals surface area contributed by atoms with Gasteiger partial charge in [-0.3, -0.25) is 9.59 Å². The molecule has 0 aliphatic heterocycles. The Morgan fingerprint density at radius 3 is 1.17 bits per heavy atom. The van der Waals surface area contributed by atoms with Crippen LogP contribution >= 0.6 is 23.2 Å². The van der Waals surface area contributed by atoms with Crippen LogP contribution in [-0.4, -0.2) is 11.6 Å². The van der Waals surface area contributed by atoms with E-state index < -0.39 is 12.1 Å². The zero-order valence-corrected chi connectivity index (χ0v) is 15.0. The summed E-state index contributed by atoms with van der Waals surface area (Å²) in [6, 6.07) is 12.9. The van der Waals surface area contributed by atoms with Gasteiger partial charge < -0.3 is 11.5 Å². The standard InChI is InChI=1S/2C9H10ClNO/c2*1-6(12)9(11)7-2-4-8(10)5-3-7/h2*2-5,9H,11H2,1H3. The van der Waals surface area contributed by atoms with E-state index in [9.17, 15) is 9.59 Å². The van der Waals surface area contributed by atoms with Crippen LogP contribution in [0.15, 0.2) is 48.5 Å². The number of carbonyl (C=O) groups excluding carboxylic acids is 2. The fourth-order valence-electron chi connectivity index (χ4n) is 1.81. The predicted molar refractivity (Wildman–Crippen MR) is 98.1 cm³/mol. The van der Waals surface area contributed by atoms with Crippen molar-refractivity contribution < 1.29 is 9.59 Å². The van der Waals surface area contributed by atoms with Crippen LogP contribution in [-0.2, 0) is 9.59 Å². The predicted octanol–water partition coefficient (Wildman–Crippen LogP) is 3.86. The van der Waals surface area contributed by atoms with Gasteiger partial charge >= 0.3 is 0 Å². The summed E-state index contributed by atoms with van der Waals surface area (Å²) in [5.41, 5.74) is 12.8. The minimum absolute atomic E-state index is 0.0441. The van der Waals surface area contributed by atoms with Crippen LogP contribution < -0.4 is 11.5 Å². The Morgan fingerprint density at radius 2 is 0.958 bits per heavy atom. The van der Waals surface area contributed by atoms with E-state index in [2.05, 4.69) is 0 Å². The SMILES string of the molecule is CC(=O)C(N)c1ccc(Cl)cc1.CC(=O)C(N)c1ccc(Cl)cc1. The summed E-state index contributed by atoms with van der Waals surface area (Å²) in [4.78, 5) is 21.7. The van der Waals surface area contributed by atoms with E-state index in [1.807, 2.05) is 0 Å². The summed E-state index contributed by atoms with van der Waals surface area (Å²) in [6.07, 6.45) is 0. The van der Waals surface area contributed by atoms with Gasteiger partial charge in [0, 0.05) is 10.0 Å². The van der Waals surface area contributed by atoms with Crippen molar-refractivity contribution in [2.75, 3.05) is 0 Å². The Kier molecular flexibility index (Phi) is 8.08. The van der Waals surface area contributed by atoms with Crippen LogP contribution in [0.2, 0.25) is 10.0 Å². The molecule has 0 aromatic heterocycles. The Labute approximate surface area is 151 Å². The van der Waals surface area contributed by atoms with Crippen molar-refractivity contribution in [1.82, 2.24) is 0 Å². The lowest BCUT2D eigenvalue weighted by atomic mass is 10.1. The van der Waals surface area contributed by atoms with Crippen LogP contribution in [0.1, 0.15) is 37.1 Å². The van der Waals surface area contributed by atoms with Crippen LogP contribution in [0.3, 0.4) is 0 Å². The molecule has 0 saturated heterocycles. The van der Waals surface area contributed by atoms with Gasteiger partial charge in [-0.2, -0.15) is 0 Å². The summed E-state index contributed by atoms with van der Waals surface area (Å²) in [7, 11) is 0. The summed E-state index contributed by atoms with van der Waals surface area (Å²) >= 11 is 11.3. The van der Waals surface area contributed by atoms with Gasteiger partial charge in [-0.1, -0.05) is 47.5 Å². The molecule has 0 spiro atoms. The monoisotopic (exact) mass is 366 g/mol. The third-order valence-corrected chi connectivity index (χ3v) is 3.84. The van der Waals surface area contributed by atoms with Crippen LogP contribution in [0, 0.1) is 0 Å². The molecule has 0 aliphatic rings. The number of rotatable bonds is 4. The number of Topliss-reactive ketones (excluding diaryl/α,β-unsaturated/α-hetero) is 2. The van der Waals surface area contributed by atoms with Crippen molar-refractivity contribution in [1.29, 1.82) is 0 Å². The second-order valence-corrected chi connectivity index (χ2v) is 6.15. The van der Waals surface area contributed by atoms with Crippen molar-refractivity contribution in [3.63, 3.8) is 0 Å². The summed E-state index contributed by atoms with van der Waals surface area (Å²) in [5.74, 6) is -0.0883. The third kappa shape index (κ3) is 6.42. The highest BCUT2D eigenvalue weighted by Crippen LogP contribution is 2.15. The van der Waals surface area contributed by atoms with E-state index in [-0.39, 0.29) is 11.6 Å². The van der Waals surface area contributed by atoms with Crippen molar-refractivity contribution in [2.24, 2.45) is 11.5 Å². The Hall–Kier alpha value is -1.72. The topological polar surface area (TPSA) is 86.2 Å². The van der Waals surface area contributed by atoms with Crippen molar-refractivity contribution in [3.05, 3.63) is 69.7 Å². The largest absolute Gasteiger partial charge is 0.318 e.